The number of nitrogens with one attached hydrogen (secondary N) is 1. The molecule has 22 heavy (non-hydrogen) atoms. The molecule has 2 heterocycles. The summed E-state index contributed by atoms with van der Waals surface area (Å²) in [4.78, 5) is 23.3. The zero-order valence-corrected chi connectivity index (χ0v) is 15.0. The number of thioether (sulfide) groups is 1. The van der Waals surface area contributed by atoms with Crippen molar-refractivity contribution in [1.82, 2.24) is 15.3 Å². The van der Waals surface area contributed by atoms with Crippen LogP contribution in [-0.2, 0) is 11.2 Å². The molecule has 1 N–H and O–H groups in total. The smallest absolute Gasteiger partial charge is 0.230 e. The molecule has 1 amide bonds. The van der Waals surface area contributed by atoms with Crippen LogP contribution < -0.4 is 5.32 Å². The van der Waals surface area contributed by atoms with Crippen LogP contribution in [0.2, 0.25) is 0 Å². The second-order valence-corrected chi connectivity index (χ2v) is 7.72. The zero-order chi connectivity index (χ0) is 16.1. The van der Waals surface area contributed by atoms with Gasteiger partial charge in [-0.05, 0) is 45.9 Å². The first-order valence-electron chi connectivity index (χ1n) is 7.22. The van der Waals surface area contributed by atoms with Crippen molar-refractivity contribution >= 4 is 29.0 Å². The molecule has 0 unspecified atom stereocenters. The number of aryl methyl sites for hydroxylation is 3. The average molecular weight is 335 g/mol. The van der Waals surface area contributed by atoms with Crippen molar-refractivity contribution in [2.24, 2.45) is 0 Å². The van der Waals surface area contributed by atoms with E-state index in [4.69, 9.17) is 0 Å². The molecular weight excluding hydrogens is 314 g/mol. The van der Waals surface area contributed by atoms with Gasteiger partial charge in [-0.2, -0.15) is 0 Å². The van der Waals surface area contributed by atoms with Gasteiger partial charge in [0.25, 0.3) is 0 Å². The van der Waals surface area contributed by atoms with E-state index >= 15 is 0 Å². The summed E-state index contributed by atoms with van der Waals surface area (Å²) in [5, 5.41) is 3.69. The van der Waals surface area contributed by atoms with Crippen molar-refractivity contribution in [1.29, 1.82) is 0 Å². The molecule has 1 atom stereocenters. The Balaban J connectivity index is 1.79. The van der Waals surface area contributed by atoms with Crippen LogP contribution >= 0.6 is 23.1 Å². The quantitative estimate of drug-likeness (QED) is 0.650. The highest BCUT2D eigenvalue weighted by atomic mass is 32.2. The molecule has 2 rings (SSSR count). The van der Waals surface area contributed by atoms with Crippen molar-refractivity contribution in [2.45, 2.75) is 45.3 Å². The normalized spacial score (nSPS) is 12.2. The van der Waals surface area contributed by atoms with Gasteiger partial charge >= 0.3 is 0 Å². The summed E-state index contributed by atoms with van der Waals surface area (Å²) in [6, 6.07) is 6.30. The molecule has 0 aromatic carbocycles. The molecule has 6 heteroatoms. The van der Waals surface area contributed by atoms with Gasteiger partial charge in [-0.3, -0.25) is 4.79 Å². The van der Waals surface area contributed by atoms with Gasteiger partial charge in [-0.25, -0.2) is 9.97 Å². The van der Waals surface area contributed by atoms with Gasteiger partial charge in [0.05, 0.1) is 5.75 Å². The predicted octanol–water partition coefficient (Wildman–Crippen LogP) is 3.30. The molecule has 2 aromatic heterocycles. The first kappa shape index (κ1) is 17.0. The summed E-state index contributed by atoms with van der Waals surface area (Å²) in [5.74, 6) is 0.366. The minimum Gasteiger partial charge on any atom is -0.353 e. The largest absolute Gasteiger partial charge is 0.353 e. The maximum Gasteiger partial charge on any atom is 0.230 e. The van der Waals surface area contributed by atoms with Gasteiger partial charge in [0.1, 0.15) is 0 Å². The third kappa shape index (κ3) is 5.42. The Kier molecular flexibility index (Phi) is 5.97. The fraction of sp³-hybridized carbons (Fsp3) is 0.438. The lowest BCUT2D eigenvalue weighted by molar-refractivity contribution is -0.119. The number of amides is 1. The van der Waals surface area contributed by atoms with E-state index in [1.54, 1.807) is 11.3 Å². The summed E-state index contributed by atoms with van der Waals surface area (Å²) in [6.07, 6.45) is 0.870. The molecule has 0 bridgehead atoms. The fourth-order valence-electron chi connectivity index (χ4n) is 2.15. The van der Waals surface area contributed by atoms with E-state index in [9.17, 15) is 4.79 Å². The molecular formula is C16H21N3OS2. The Labute approximate surface area is 139 Å². The Morgan fingerprint density at radius 2 is 1.95 bits per heavy atom. The summed E-state index contributed by atoms with van der Waals surface area (Å²) in [6.45, 7) is 8.00. The lowest BCUT2D eigenvalue weighted by Crippen LogP contribution is -2.35. The highest BCUT2D eigenvalue weighted by Gasteiger charge is 2.11. The van der Waals surface area contributed by atoms with E-state index in [0.29, 0.717) is 10.9 Å². The van der Waals surface area contributed by atoms with Crippen LogP contribution in [0.4, 0.5) is 0 Å². The van der Waals surface area contributed by atoms with Crippen LogP contribution in [0, 0.1) is 20.8 Å². The first-order chi connectivity index (χ1) is 10.4. The Hall–Kier alpha value is -1.40. The number of rotatable bonds is 6. The van der Waals surface area contributed by atoms with Gasteiger partial charge in [0.15, 0.2) is 5.16 Å². The number of aromatic nitrogens is 2. The molecule has 0 saturated heterocycles. The second-order valence-electron chi connectivity index (χ2n) is 5.41. The maximum absolute atomic E-state index is 12.0. The van der Waals surface area contributed by atoms with Crippen molar-refractivity contribution in [3.05, 3.63) is 39.3 Å². The number of carbonyl (C=O) groups is 1. The summed E-state index contributed by atoms with van der Waals surface area (Å²) in [7, 11) is 0. The van der Waals surface area contributed by atoms with E-state index in [-0.39, 0.29) is 11.9 Å². The van der Waals surface area contributed by atoms with Gasteiger partial charge < -0.3 is 5.32 Å². The van der Waals surface area contributed by atoms with Crippen LogP contribution in [0.15, 0.2) is 23.4 Å². The van der Waals surface area contributed by atoms with E-state index in [2.05, 4.69) is 34.3 Å². The molecule has 0 aliphatic rings. The number of hydrogen-bond acceptors (Lipinski definition) is 5. The SMILES string of the molecule is Cc1cc(C)nc(SCC(=O)N[C@H](C)Cc2ccc(C)s2)n1. The Morgan fingerprint density at radius 1 is 1.27 bits per heavy atom. The van der Waals surface area contributed by atoms with Gasteiger partial charge in [-0.1, -0.05) is 11.8 Å². The molecule has 2 aromatic rings. The summed E-state index contributed by atoms with van der Waals surface area (Å²) < 4.78 is 0. The van der Waals surface area contributed by atoms with Gasteiger partial charge in [-0.15, -0.1) is 11.3 Å². The standard InChI is InChI=1S/C16H21N3OS2/c1-10-7-11(2)19-16(18-10)21-9-15(20)17-12(3)8-14-6-5-13(4)22-14/h5-7,12H,8-9H2,1-4H3,(H,17,20)/t12-/m1/s1. The maximum atomic E-state index is 12.0. The lowest BCUT2D eigenvalue weighted by Gasteiger charge is -2.12. The molecule has 0 fully saturated rings. The highest BCUT2D eigenvalue weighted by Crippen LogP contribution is 2.17. The van der Waals surface area contributed by atoms with E-state index < -0.39 is 0 Å². The average Bonchev–Trinajstić information content (AvgIpc) is 2.80. The van der Waals surface area contributed by atoms with E-state index in [1.807, 2.05) is 26.8 Å². The van der Waals surface area contributed by atoms with E-state index in [0.717, 1.165) is 17.8 Å². The third-order valence-electron chi connectivity index (χ3n) is 3.00. The van der Waals surface area contributed by atoms with Crippen molar-refractivity contribution in [3.8, 4) is 0 Å². The third-order valence-corrected chi connectivity index (χ3v) is 4.88. The second kappa shape index (κ2) is 7.74. The van der Waals surface area contributed by atoms with Crippen LogP contribution in [0.5, 0.6) is 0 Å². The minimum absolute atomic E-state index is 0.0218. The monoisotopic (exact) mass is 335 g/mol. The van der Waals surface area contributed by atoms with Crippen molar-refractivity contribution < 1.29 is 4.79 Å². The molecule has 4 nitrogen and oxygen atoms in total. The molecule has 0 spiro atoms. The molecule has 0 aliphatic carbocycles. The molecule has 0 aliphatic heterocycles. The zero-order valence-electron chi connectivity index (χ0n) is 13.3. The summed E-state index contributed by atoms with van der Waals surface area (Å²) >= 11 is 3.16. The van der Waals surface area contributed by atoms with Crippen molar-refractivity contribution in [3.63, 3.8) is 0 Å². The predicted molar refractivity (Wildman–Crippen MR) is 92.6 cm³/mol. The van der Waals surface area contributed by atoms with Gasteiger partial charge in [0.2, 0.25) is 5.91 Å². The number of nitrogens with zero attached hydrogens (tertiary/aromatic N) is 2. The summed E-state index contributed by atoms with van der Waals surface area (Å²) in [5.41, 5.74) is 1.86. The van der Waals surface area contributed by atoms with Crippen molar-refractivity contribution in [2.75, 3.05) is 5.75 Å². The molecule has 0 saturated carbocycles. The highest BCUT2D eigenvalue weighted by molar-refractivity contribution is 7.99. The Morgan fingerprint density at radius 3 is 2.55 bits per heavy atom. The first-order valence-corrected chi connectivity index (χ1v) is 9.02. The molecule has 0 radical (unpaired) electrons. The number of carbonyl (C=O) groups excluding carboxylic acids is 1. The Bertz CT molecular complexity index is 634. The topological polar surface area (TPSA) is 54.9 Å². The van der Waals surface area contributed by atoms with Crippen LogP contribution in [0.3, 0.4) is 0 Å². The van der Waals surface area contributed by atoms with E-state index in [1.165, 1.54) is 21.5 Å². The van der Waals surface area contributed by atoms with Gasteiger partial charge in [0, 0.05) is 33.6 Å². The molecule has 118 valence electrons. The van der Waals surface area contributed by atoms with Crippen LogP contribution in [0.1, 0.15) is 28.1 Å². The fourth-order valence-corrected chi connectivity index (χ4v) is 3.93. The number of hydrogen-bond donors (Lipinski definition) is 1. The minimum atomic E-state index is 0.0218. The van der Waals surface area contributed by atoms with Crippen LogP contribution in [-0.4, -0.2) is 27.7 Å². The van der Waals surface area contributed by atoms with Crippen LogP contribution in [0.25, 0.3) is 0 Å². The number of thiophene rings is 1. The lowest BCUT2D eigenvalue weighted by atomic mass is 10.2.